The molecule has 0 radical (unpaired) electrons. The predicted octanol–water partition coefficient (Wildman–Crippen LogP) is 2.93. The van der Waals surface area contributed by atoms with E-state index in [0.717, 1.165) is 4.90 Å². The van der Waals surface area contributed by atoms with Gasteiger partial charge in [-0.25, -0.2) is 4.90 Å². The average Bonchev–Trinajstić information content (AvgIpc) is 2.71. The lowest BCUT2D eigenvalue weighted by Gasteiger charge is -2.22. The number of amides is 3. The van der Waals surface area contributed by atoms with Gasteiger partial charge in [0.15, 0.2) is 0 Å². The lowest BCUT2D eigenvalue weighted by atomic mass is 10.1. The van der Waals surface area contributed by atoms with E-state index in [9.17, 15) is 14.4 Å². The molecule has 0 aromatic heterocycles. The third-order valence-corrected chi connectivity index (χ3v) is 3.82. The van der Waals surface area contributed by atoms with Crippen LogP contribution in [0, 0.1) is 0 Å². The first-order valence-corrected chi connectivity index (χ1v) is 7.47. The number of imide groups is 1. The summed E-state index contributed by atoms with van der Waals surface area (Å²) >= 11 is 0. The number of hydrogen-bond acceptors (Lipinski definition) is 4. The van der Waals surface area contributed by atoms with Crippen LogP contribution in [0.3, 0.4) is 0 Å². The highest BCUT2D eigenvalue weighted by atomic mass is 16.2. The van der Waals surface area contributed by atoms with Gasteiger partial charge in [-0.2, -0.15) is 0 Å². The van der Waals surface area contributed by atoms with Crippen molar-refractivity contribution in [1.82, 2.24) is 5.32 Å². The van der Waals surface area contributed by atoms with E-state index in [0.29, 0.717) is 0 Å². The topological polar surface area (TPSA) is 115 Å². The van der Waals surface area contributed by atoms with Gasteiger partial charge in [-0.15, -0.1) is 0 Å². The summed E-state index contributed by atoms with van der Waals surface area (Å²) in [5.74, 6) is -1.67. The standard InChI is InChI=1S/C17H13N5O3/c1-10-16(24)22(14-9-5-3-7-12(14)15(23)19-10)17(25)11-6-2-4-8-13(11)20-21-18/h2-10H,1H3,(H,19,23)/t10-/m0/s1. The maximum atomic E-state index is 13.1. The van der Waals surface area contributed by atoms with Gasteiger partial charge < -0.3 is 5.32 Å². The summed E-state index contributed by atoms with van der Waals surface area (Å²) in [6.45, 7) is 1.51. The minimum Gasteiger partial charge on any atom is -0.340 e. The van der Waals surface area contributed by atoms with Gasteiger partial charge in [0.05, 0.1) is 16.9 Å². The molecule has 0 aliphatic carbocycles. The maximum Gasteiger partial charge on any atom is 0.265 e. The fourth-order valence-corrected chi connectivity index (χ4v) is 2.63. The van der Waals surface area contributed by atoms with E-state index >= 15 is 0 Å². The van der Waals surface area contributed by atoms with Crippen molar-refractivity contribution in [3.8, 4) is 0 Å². The van der Waals surface area contributed by atoms with Crippen LogP contribution in [0.5, 0.6) is 0 Å². The van der Waals surface area contributed by atoms with Gasteiger partial charge in [-0.3, -0.25) is 14.4 Å². The normalized spacial score (nSPS) is 16.4. The molecule has 8 heteroatoms. The third kappa shape index (κ3) is 2.82. The second-order valence-corrected chi connectivity index (χ2v) is 5.40. The lowest BCUT2D eigenvalue weighted by Crippen LogP contribution is -2.46. The van der Waals surface area contributed by atoms with Crippen molar-refractivity contribution in [2.75, 3.05) is 4.90 Å². The number of nitrogens with one attached hydrogen (secondary N) is 1. The van der Waals surface area contributed by atoms with E-state index in [1.807, 2.05) is 0 Å². The third-order valence-electron chi connectivity index (χ3n) is 3.82. The van der Waals surface area contributed by atoms with Crippen molar-refractivity contribution in [3.05, 3.63) is 70.1 Å². The fraction of sp³-hybridized carbons (Fsp3) is 0.118. The summed E-state index contributed by atoms with van der Waals surface area (Å²) in [6.07, 6.45) is 0. The largest absolute Gasteiger partial charge is 0.340 e. The van der Waals surface area contributed by atoms with Crippen molar-refractivity contribution < 1.29 is 14.4 Å². The molecule has 1 atom stereocenters. The molecular formula is C17H13N5O3. The van der Waals surface area contributed by atoms with E-state index < -0.39 is 23.8 Å². The molecule has 0 fully saturated rings. The van der Waals surface area contributed by atoms with Crippen LogP contribution in [0.2, 0.25) is 0 Å². The summed E-state index contributed by atoms with van der Waals surface area (Å²) in [6, 6.07) is 11.6. The van der Waals surface area contributed by atoms with Crippen molar-refractivity contribution in [2.45, 2.75) is 13.0 Å². The molecule has 0 unspecified atom stereocenters. The van der Waals surface area contributed by atoms with Gasteiger partial charge in [0, 0.05) is 10.5 Å². The molecule has 1 aliphatic rings. The molecule has 25 heavy (non-hydrogen) atoms. The van der Waals surface area contributed by atoms with Crippen molar-refractivity contribution >= 4 is 29.1 Å². The summed E-state index contributed by atoms with van der Waals surface area (Å²) in [5.41, 5.74) is 9.27. The van der Waals surface area contributed by atoms with Crippen LogP contribution >= 0.6 is 0 Å². The van der Waals surface area contributed by atoms with Crippen LogP contribution in [0.25, 0.3) is 10.4 Å². The molecule has 0 saturated carbocycles. The number of azide groups is 1. The molecule has 3 rings (SSSR count). The molecule has 2 aromatic carbocycles. The first-order chi connectivity index (χ1) is 12.0. The molecule has 0 saturated heterocycles. The zero-order valence-corrected chi connectivity index (χ0v) is 13.2. The van der Waals surface area contributed by atoms with Crippen LogP contribution in [0.15, 0.2) is 53.6 Å². The van der Waals surface area contributed by atoms with E-state index in [1.165, 1.54) is 31.2 Å². The van der Waals surface area contributed by atoms with Crippen LogP contribution in [0.1, 0.15) is 27.6 Å². The molecule has 0 bridgehead atoms. The van der Waals surface area contributed by atoms with E-state index in [-0.39, 0.29) is 22.5 Å². The maximum absolute atomic E-state index is 13.1. The van der Waals surface area contributed by atoms with Gasteiger partial charge in [0.25, 0.3) is 17.7 Å². The van der Waals surface area contributed by atoms with Gasteiger partial charge in [0.1, 0.15) is 6.04 Å². The molecule has 124 valence electrons. The van der Waals surface area contributed by atoms with Crippen molar-refractivity contribution in [2.24, 2.45) is 5.11 Å². The number of benzene rings is 2. The van der Waals surface area contributed by atoms with E-state index in [1.54, 1.807) is 24.3 Å². The summed E-state index contributed by atoms with van der Waals surface area (Å²) in [4.78, 5) is 41.7. The highest BCUT2D eigenvalue weighted by Gasteiger charge is 2.35. The summed E-state index contributed by atoms with van der Waals surface area (Å²) in [5, 5.41) is 6.06. The molecule has 8 nitrogen and oxygen atoms in total. The molecule has 1 N–H and O–H groups in total. The number of para-hydroxylation sites is 1. The number of rotatable bonds is 2. The predicted molar refractivity (Wildman–Crippen MR) is 90.4 cm³/mol. The SMILES string of the molecule is C[C@@H]1NC(=O)c2ccccc2N(C(=O)c2ccccc2N=[N+]=[N-])C1=O. The highest BCUT2D eigenvalue weighted by Crippen LogP contribution is 2.28. The van der Waals surface area contributed by atoms with Crippen LogP contribution in [0.4, 0.5) is 11.4 Å². The summed E-state index contributed by atoms with van der Waals surface area (Å²) in [7, 11) is 0. The molecule has 0 spiro atoms. The molecule has 3 amide bonds. The molecular weight excluding hydrogens is 322 g/mol. The number of carbonyl (C=O) groups excluding carboxylic acids is 3. The smallest absolute Gasteiger partial charge is 0.265 e. The monoisotopic (exact) mass is 335 g/mol. The first-order valence-electron chi connectivity index (χ1n) is 7.47. The number of fused-ring (bicyclic) bond motifs is 1. The van der Waals surface area contributed by atoms with Crippen molar-refractivity contribution in [3.63, 3.8) is 0 Å². The van der Waals surface area contributed by atoms with Crippen LogP contribution in [-0.4, -0.2) is 23.8 Å². The van der Waals surface area contributed by atoms with Gasteiger partial charge >= 0.3 is 0 Å². The average molecular weight is 335 g/mol. The number of nitrogens with zero attached hydrogens (tertiary/aromatic N) is 4. The van der Waals surface area contributed by atoms with Gasteiger partial charge in [0.2, 0.25) is 0 Å². The molecule has 1 heterocycles. The number of hydrogen-bond donors (Lipinski definition) is 1. The quantitative estimate of drug-likeness (QED) is 0.393. The number of anilines is 1. The Bertz CT molecular complexity index is 933. The molecule has 1 aliphatic heterocycles. The Morgan fingerprint density at radius 2 is 1.84 bits per heavy atom. The Hall–Kier alpha value is -3.64. The minimum atomic E-state index is -0.879. The highest BCUT2D eigenvalue weighted by molar-refractivity contribution is 6.27. The zero-order chi connectivity index (χ0) is 18.0. The fourth-order valence-electron chi connectivity index (χ4n) is 2.63. The van der Waals surface area contributed by atoms with Gasteiger partial charge in [-0.05, 0) is 30.7 Å². The van der Waals surface area contributed by atoms with Crippen LogP contribution in [-0.2, 0) is 4.79 Å². The Morgan fingerprint density at radius 1 is 1.16 bits per heavy atom. The minimum absolute atomic E-state index is 0.0741. The molecule has 2 aromatic rings. The Labute approximate surface area is 142 Å². The van der Waals surface area contributed by atoms with E-state index in [2.05, 4.69) is 15.3 Å². The summed E-state index contributed by atoms with van der Waals surface area (Å²) < 4.78 is 0. The lowest BCUT2D eigenvalue weighted by molar-refractivity contribution is -0.119. The second kappa shape index (κ2) is 6.46. The van der Waals surface area contributed by atoms with Gasteiger partial charge in [-0.1, -0.05) is 35.4 Å². The zero-order valence-electron chi connectivity index (χ0n) is 13.2. The Kier molecular flexibility index (Phi) is 4.20. The second-order valence-electron chi connectivity index (χ2n) is 5.40. The van der Waals surface area contributed by atoms with Crippen LogP contribution < -0.4 is 10.2 Å². The first kappa shape index (κ1) is 16.2. The Morgan fingerprint density at radius 3 is 2.60 bits per heavy atom. The van der Waals surface area contributed by atoms with Crippen molar-refractivity contribution in [1.29, 1.82) is 0 Å². The number of carbonyl (C=O) groups is 3. The Balaban J connectivity index is 2.19. The van der Waals surface area contributed by atoms with E-state index in [4.69, 9.17) is 5.53 Å².